The van der Waals surface area contributed by atoms with Crippen LogP contribution in [0.1, 0.15) is 26.3 Å². The van der Waals surface area contributed by atoms with Gasteiger partial charge < -0.3 is 9.47 Å². The van der Waals surface area contributed by atoms with E-state index in [1.165, 1.54) is 30.3 Å². The third-order valence-electron chi connectivity index (χ3n) is 5.54. The van der Waals surface area contributed by atoms with Crippen LogP contribution in [0.5, 0.6) is 5.75 Å². The van der Waals surface area contributed by atoms with Crippen molar-refractivity contribution in [2.75, 3.05) is 5.75 Å². The number of benzene rings is 3. The molecule has 0 amide bonds. The van der Waals surface area contributed by atoms with Gasteiger partial charge in [-0.15, -0.1) is 0 Å². The predicted molar refractivity (Wildman–Crippen MR) is 132 cm³/mol. The standard InChI is InChI=1S/C23H13B3F6O7S/c24-9-12-7-13(25)8-16(26)18(12)38-19(33)14-5-1-3-11-4-2-6-15(17(11)14)20(34)39-21(22(27,28)29,23(30,31)32)10-40(35,36)37/h1-8H,9-10H2,(H,35,36,37). The Hall–Kier alpha value is -3.46. The molecule has 0 heterocycles. The smallest absolute Gasteiger partial charge is 0.435 e. The number of fused-ring (bicyclic) bond motifs is 1. The Balaban J connectivity index is 2.18. The SMILES string of the molecule is [B]Cc1cc([B])cc([B])c1OC(=O)c1cccc2cccc(C(=O)OC(CS(=O)(=O)O)(C(F)(F)F)C(F)(F)F)c12. The number of hydrogen-bond acceptors (Lipinski definition) is 6. The Morgan fingerprint density at radius 2 is 1.40 bits per heavy atom. The average molecular weight is 580 g/mol. The first-order chi connectivity index (χ1) is 18.3. The maximum absolute atomic E-state index is 13.7. The van der Waals surface area contributed by atoms with E-state index in [0.717, 1.165) is 18.2 Å². The summed E-state index contributed by atoms with van der Waals surface area (Å²) in [6, 6.07) is 9.24. The summed E-state index contributed by atoms with van der Waals surface area (Å²) in [6.07, 6.45) is -13.3. The average Bonchev–Trinajstić information content (AvgIpc) is 2.81. The fourth-order valence-corrected chi connectivity index (χ4v) is 4.68. The van der Waals surface area contributed by atoms with E-state index in [4.69, 9.17) is 32.8 Å². The summed E-state index contributed by atoms with van der Waals surface area (Å²) in [4.78, 5) is 26.0. The summed E-state index contributed by atoms with van der Waals surface area (Å²) in [5.74, 6) is -6.86. The van der Waals surface area contributed by atoms with Crippen molar-refractivity contribution in [1.29, 1.82) is 0 Å². The molecule has 17 heteroatoms. The molecular weight excluding hydrogens is 567 g/mol. The van der Waals surface area contributed by atoms with E-state index in [-0.39, 0.29) is 33.9 Å². The molecular formula is C23H13B3F6O7S. The maximum Gasteiger partial charge on any atom is 0.438 e. The number of esters is 2. The molecule has 0 saturated heterocycles. The molecule has 0 atom stereocenters. The molecule has 0 unspecified atom stereocenters. The molecule has 7 nitrogen and oxygen atoms in total. The van der Waals surface area contributed by atoms with Crippen molar-refractivity contribution in [3.8, 4) is 5.75 Å². The topological polar surface area (TPSA) is 107 Å². The second-order valence-electron chi connectivity index (χ2n) is 8.34. The molecule has 0 saturated carbocycles. The summed E-state index contributed by atoms with van der Waals surface area (Å²) < 4.78 is 123. The van der Waals surface area contributed by atoms with Crippen LogP contribution in [0, 0.1) is 0 Å². The van der Waals surface area contributed by atoms with E-state index >= 15 is 0 Å². The highest BCUT2D eigenvalue weighted by atomic mass is 32.2. The highest BCUT2D eigenvalue weighted by Gasteiger charge is 2.76. The van der Waals surface area contributed by atoms with Gasteiger partial charge in [-0.1, -0.05) is 53.6 Å². The van der Waals surface area contributed by atoms with Crippen molar-refractivity contribution in [2.45, 2.75) is 24.3 Å². The van der Waals surface area contributed by atoms with Crippen molar-refractivity contribution < 1.29 is 58.4 Å². The van der Waals surface area contributed by atoms with E-state index in [9.17, 15) is 44.3 Å². The number of carbonyl (C=O) groups excluding carboxylic acids is 2. The van der Waals surface area contributed by atoms with Gasteiger partial charge in [-0.2, -0.15) is 34.8 Å². The molecule has 3 rings (SSSR count). The number of hydrogen-bond donors (Lipinski definition) is 1. The van der Waals surface area contributed by atoms with Gasteiger partial charge in [0.05, 0.1) is 19.0 Å². The van der Waals surface area contributed by atoms with Gasteiger partial charge in [-0.05, 0) is 23.1 Å². The number of rotatable bonds is 7. The van der Waals surface area contributed by atoms with Crippen LogP contribution in [0.4, 0.5) is 26.3 Å². The Labute approximate surface area is 226 Å². The lowest BCUT2D eigenvalue weighted by Crippen LogP contribution is -2.63. The second-order valence-corrected chi connectivity index (χ2v) is 9.79. The van der Waals surface area contributed by atoms with Crippen molar-refractivity contribution in [2.24, 2.45) is 0 Å². The lowest BCUT2D eigenvalue weighted by molar-refractivity contribution is -0.356. The number of halogens is 6. The normalized spacial score (nSPS) is 12.8. The first-order valence-electron chi connectivity index (χ1n) is 10.7. The molecule has 0 aliphatic heterocycles. The van der Waals surface area contributed by atoms with E-state index in [1.54, 1.807) is 0 Å². The van der Waals surface area contributed by atoms with Crippen LogP contribution in [0.25, 0.3) is 10.8 Å². The molecule has 0 bridgehead atoms. The summed E-state index contributed by atoms with van der Waals surface area (Å²) in [5.41, 5.74) is -6.92. The summed E-state index contributed by atoms with van der Waals surface area (Å²) in [7, 11) is 11.1. The fourth-order valence-electron chi connectivity index (χ4n) is 3.78. The van der Waals surface area contributed by atoms with Crippen LogP contribution in [0.15, 0.2) is 48.5 Å². The first kappa shape index (κ1) is 31.1. The molecule has 3 aromatic rings. The van der Waals surface area contributed by atoms with Crippen LogP contribution >= 0.6 is 0 Å². The molecule has 40 heavy (non-hydrogen) atoms. The van der Waals surface area contributed by atoms with Gasteiger partial charge in [0.25, 0.3) is 10.1 Å². The van der Waals surface area contributed by atoms with Crippen LogP contribution in [0.3, 0.4) is 0 Å². The summed E-state index contributed by atoms with van der Waals surface area (Å²) >= 11 is 0. The van der Waals surface area contributed by atoms with Gasteiger partial charge in [0.1, 0.15) is 27.2 Å². The number of carbonyl (C=O) groups is 2. The van der Waals surface area contributed by atoms with Gasteiger partial charge in [-0.3, -0.25) is 4.55 Å². The van der Waals surface area contributed by atoms with Crippen molar-refractivity contribution in [1.82, 2.24) is 0 Å². The van der Waals surface area contributed by atoms with Gasteiger partial charge in [-0.25, -0.2) is 9.59 Å². The lowest BCUT2D eigenvalue weighted by Gasteiger charge is -2.35. The van der Waals surface area contributed by atoms with E-state index in [2.05, 4.69) is 4.74 Å². The molecule has 3 aromatic carbocycles. The van der Waals surface area contributed by atoms with E-state index < -0.39 is 62.3 Å². The first-order valence-corrected chi connectivity index (χ1v) is 12.4. The Kier molecular flexibility index (Phi) is 8.42. The number of ether oxygens (including phenoxy) is 2. The van der Waals surface area contributed by atoms with Gasteiger partial charge >= 0.3 is 29.9 Å². The summed E-state index contributed by atoms with van der Waals surface area (Å²) in [6.45, 7) is 0. The van der Waals surface area contributed by atoms with Crippen molar-refractivity contribution in [3.63, 3.8) is 0 Å². The molecule has 6 radical (unpaired) electrons. The van der Waals surface area contributed by atoms with E-state index in [0.29, 0.717) is 0 Å². The summed E-state index contributed by atoms with van der Waals surface area (Å²) in [5, 5.41) is -0.513. The molecule has 204 valence electrons. The minimum Gasteiger partial charge on any atom is -0.435 e. The van der Waals surface area contributed by atoms with Crippen LogP contribution in [-0.2, 0) is 21.2 Å². The zero-order chi connectivity index (χ0) is 30.3. The minimum atomic E-state index is -6.55. The Morgan fingerprint density at radius 1 is 0.875 bits per heavy atom. The van der Waals surface area contributed by atoms with Gasteiger partial charge in [0.2, 0.25) is 0 Å². The van der Waals surface area contributed by atoms with Crippen molar-refractivity contribution >= 4 is 67.3 Å². The molecule has 0 aromatic heterocycles. The number of alkyl halides is 6. The largest absolute Gasteiger partial charge is 0.438 e. The highest BCUT2D eigenvalue weighted by molar-refractivity contribution is 7.85. The third-order valence-corrected chi connectivity index (χ3v) is 6.32. The van der Waals surface area contributed by atoms with Crippen LogP contribution in [0.2, 0.25) is 0 Å². The molecule has 0 spiro atoms. The molecule has 1 N–H and O–H groups in total. The van der Waals surface area contributed by atoms with Crippen LogP contribution < -0.4 is 15.7 Å². The minimum absolute atomic E-state index is 0.0207. The Morgan fingerprint density at radius 3 is 1.88 bits per heavy atom. The van der Waals surface area contributed by atoms with Gasteiger partial charge in [0.15, 0.2) is 0 Å². The fraction of sp³-hybridized carbons (Fsp3) is 0.217. The monoisotopic (exact) mass is 580 g/mol. The predicted octanol–water partition coefficient (Wildman–Crippen LogP) is 2.22. The van der Waals surface area contributed by atoms with E-state index in [1.807, 2.05) is 0 Å². The van der Waals surface area contributed by atoms with Crippen LogP contribution in [-0.4, -0.2) is 72.2 Å². The quantitative estimate of drug-likeness (QED) is 0.150. The third kappa shape index (κ3) is 6.14. The van der Waals surface area contributed by atoms with Gasteiger partial charge in [0, 0.05) is 5.39 Å². The molecule has 0 fully saturated rings. The maximum atomic E-state index is 13.7. The second kappa shape index (κ2) is 10.8. The zero-order valence-corrected chi connectivity index (χ0v) is 20.7. The molecule has 0 aliphatic carbocycles. The zero-order valence-electron chi connectivity index (χ0n) is 19.8. The Bertz CT molecular complexity index is 1570. The lowest BCUT2D eigenvalue weighted by atomic mass is 9.81. The highest BCUT2D eigenvalue weighted by Crippen LogP contribution is 2.47. The molecule has 0 aliphatic rings. The van der Waals surface area contributed by atoms with Crippen molar-refractivity contribution in [3.05, 3.63) is 65.2 Å².